The van der Waals surface area contributed by atoms with E-state index in [2.05, 4.69) is 22.1 Å². The highest BCUT2D eigenvalue weighted by molar-refractivity contribution is 5.95. The van der Waals surface area contributed by atoms with Gasteiger partial charge < -0.3 is 14.8 Å². The zero-order valence-electron chi connectivity index (χ0n) is 16.4. The summed E-state index contributed by atoms with van der Waals surface area (Å²) in [5.74, 6) is 0.810. The van der Waals surface area contributed by atoms with Gasteiger partial charge in [0.05, 0.1) is 5.56 Å². The van der Waals surface area contributed by atoms with Crippen LogP contribution < -0.4 is 0 Å². The van der Waals surface area contributed by atoms with Crippen LogP contribution in [0.1, 0.15) is 40.3 Å². The molecule has 1 saturated heterocycles. The number of carboxylic acids is 1. The maximum absolute atomic E-state index is 11.4. The van der Waals surface area contributed by atoms with Crippen molar-refractivity contribution >= 4 is 5.97 Å². The number of aryl methyl sites for hydroxylation is 2. The number of aromatic nitrogens is 2. The SMILES string of the molecule is O=C(O)c1ccccc1-c1ccc(CCc2ncc(CC3CCOCC3)[nH]2)cc1. The molecule has 1 aliphatic rings. The van der Waals surface area contributed by atoms with Crippen LogP contribution in [0.2, 0.25) is 0 Å². The first-order valence-electron chi connectivity index (χ1n) is 10.2. The van der Waals surface area contributed by atoms with Crippen LogP contribution in [0.25, 0.3) is 11.1 Å². The molecule has 0 saturated carbocycles. The monoisotopic (exact) mass is 390 g/mol. The number of carbonyl (C=O) groups is 1. The number of aromatic carboxylic acids is 1. The molecule has 2 N–H and O–H groups in total. The summed E-state index contributed by atoms with van der Waals surface area (Å²) in [5, 5.41) is 9.38. The van der Waals surface area contributed by atoms with E-state index in [1.165, 1.54) is 11.3 Å². The number of nitrogens with one attached hydrogen (secondary N) is 1. The summed E-state index contributed by atoms with van der Waals surface area (Å²) in [6.45, 7) is 1.75. The molecule has 3 aromatic rings. The van der Waals surface area contributed by atoms with Gasteiger partial charge in [-0.15, -0.1) is 0 Å². The minimum atomic E-state index is -0.904. The molecule has 5 heteroatoms. The van der Waals surface area contributed by atoms with Crippen LogP contribution in [-0.2, 0) is 24.0 Å². The number of nitrogens with zero attached hydrogens (tertiary/aromatic N) is 1. The Balaban J connectivity index is 1.36. The van der Waals surface area contributed by atoms with E-state index in [-0.39, 0.29) is 0 Å². The summed E-state index contributed by atoms with van der Waals surface area (Å²) < 4.78 is 5.43. The van der Waals surface area contributed by atoms with Gasteiger partial charge in [-0.3, -0.25) is 0 Å². The molecule has 29 heavy (non-hydrogen) atoms. The van der Waals surface area contributed by atoms with E-state index < -0.39 is 5.97 Å². The second-order valence-electron chi connectivity index (χ2n) is 7.66. The Morgan fingerprint density at radius 1 is 1.07 bits per heavy atom. The number of H-pyrrole nitrogens is 1. The molecular weight excluding hydrogens is 364 g/mol. The first-order chi connectivity index (χ1) is 14.2. The van der Waals surface area contributed by atoms with Crippen LogP contribution in [0.4, 0.5) is 0 Å². The zero-order chi connectivity index (χ0) is 20.1. The minimum Gasteiger partial charge on any atom is -0.478 e. The van der Waals surface area contributed by atoms with Gasteiger partial charge in [0, 0.05) is 31.5 Å². The van der Waals surface area contributed by atoms with Crippen molar-refractivity contribution in [3.05, 3.63) is 77.4 Å². The molecule has 1 aliphatic heterocycles. The number of carboxylic acid groups (broad SMARTS) is 1. The molecule has 0 bridgehead atoms. The van der Waals surface area contributed by atoms with Crippen LogP contribution in [0.3, 0.4) is 0 Å². The average molecular weight is 390 g/mol. The van der Waals surface area contributed by atoms with Gasteiger partial charge in [0.25, 0.3) is 0 Å². The first-order valence-corrected chi connectivity index (χ1v) is 10.2. The molecule has 0 unspecified atom stereocenters. The summed E-state index contributed by atoms with van der Waals surface area (Å²) >= 11 is 0. The smallest absolute Gasteiger partial charge is 0.336 e. The molecule has 0 atom stereocenters. The fraction of sp³-hybridized carbons (Fsp3) is 0.333. The molecule has 4 rings (SSSR count). The van der Waals surface area contributed by atoms with Gasteiger partial charge in [0.15, 0.2) is 0 Å². The summed E-state index contributed by atoms with van der Waals surface area (Å²) in [5.41, 5.74) is 4.42. The second-order valence-corrected chi connectivity index (χ2v) is 7.66. The zero-order valence-corrected chi connectivity index (χ0v) is 16.4. The quantitative estimate of drug-likeness (QED) is 0.621. The molecule has 150 valence electrons. The normalized spacial score (nSPS) is 14.8. The Kier molecular flexibility index (Phi) is 6.06. The van der Waals surface area contributed by atoms with E-state index in [1.54, 1.807) is 12.1 Å². The lowest BCUT2D eigenvalue weighted by Crippen LogP contribution is -2.17. The van der Waals surface area contributed by atoms with E-state index in [9.17, 15) is 9.90 Å². The fourth-order valence-corrected chi connectivity index (χ4v) is 3.93. The highest BCUT2D eigenvalue weighted by Crippen LogP contribution is 2.24. The van der Waals surface area contributed by atoms with Gasteiger partial charge in [-0.1, -0.05) is 42.5 Å². The highest BCUT2D eigenvalue weighted by atomic mass is 16.5. The lowest BCUT2D eigenvalue weighted by Gasteiger charge is -2.21. The Bertz CT molecular complexity index is 956. The standard InChI is InChI=1S/C24H26N2O3/c27-24(28)22-4-2-1-3-21(22)19-8-5-17(6-9-19)7-10-23-25-16-20(26-23)15-18-11-13-29-14-12-18/h1-6,8-9,16,18H,7,10-15H2,(H,25,26)(H,27,28). The van der Waals surface area contributed by atoms with E-state index in [4.69, 9.17) is 4.74 Å². The van der Waals surface area contributed by atoms with Crippen molar-refractivity contribution in [1.82, 2.24) is 9.97 Å². The molecular formula is C24H26N2O3. The second kappa shape index (κ2) is 9.05. The molecule has 5 nitrogen and oxygen atoms in total. The van der Waals surface area contributed by atoms with E-state index in [0.717, 1.165) is 62.3 Å². The van der Waals surface area contributed by atoms with Crippen molar-refractivity contribution in [1.29, 1.82) is 0 Å². The van der Waals surface area contributed by atoms with Gasteiger partial charge in [0.2, 0.25) is 0 Å². The van der Waals surface area contributed by atoms with Crippen molar-refractivity contribution in [3.8, 4) is 11.1 Å². The van der Waals surface area contributed by atoms with Gasteiger partial charge in [-0.2, -0.15) is 0 Å². The third-order valence-electron chi connectivity index (χ3n) is 5.60. The summed E-state index contributed by atoms with van der Waals surface area (Å²) in [4.78, 5) is 19.4. The Morgan fingerprint density at radius 3 is 2.59 bits per heavy atom. The van der Waals surface area contributed by atoms with Crippen LogP contribution in [0, 0.1) is 5.92 Å². The van der Waals surface area contributed by atoms with Gasteiger partial charge in [0.1, 0.15) is 5.82 Å². The Morgan fingerprint density at radius 2 is 1.83 bits per heavy atom. The topological polar surface area (TPSA) is 75.2 Å². The molecule has 1 fully saturated rings. The predicted molar refractivity (Wildman–Crippen MR) is 112 cm³/mol. The fourth-order valence-electron chi connectivity index (χ4n) is 3.93. The molecule has 0 amide bonds. The van der Waals surface area contributed by atoms with Gasteiger partial charge in [-0.25, -0.2) is 9.78 Å². The number of aromatic amines is 1. The Labute approximate surface area is 170 Å². The van der Waals surface area contributed by atoms with E-state index >= 15 is 0 Å². The largest absolute Gasteiger partial charge is 0.478 e. The van der Waals surface area contributed by atoms with E-state index in [0.29, 0.717) is 11.5 Å². The van der Waals surface area contributed by atoms with Gasteiger partial charge in [-0.05, 0) is 54.4 Å². The number of imidazole rings is 1. The first kappa shape index (κ1) is 19.4. The average Bonchev–Trinajstić information content (AvgIpc) is 3.20. The van der Waals surface area contributed by atoms with Crippen molar-refractivity contribution in [3.63, 3.8) is 0 Å². The third-order valence-corrected chi connectivity index (χ3v) is 5.60. The van der Waals surface area contributed by atoms with Crippen LogP contribution in [-0.4, -0.2) is 34.3 Å². The van der Waals surface area contributed by atoms with Gasteiger partial charge >= 0.3 is 5.97 Å². The summed E-state index contributed by atoms with van der Waals surface area (Å²) in [6, 6.07) is 15.2. The maximum Gasteiger partial charge on any atom is 0.336 e. The van der Waals surface area contributed by atoms with Crippen LogP contribution in [0.5, 0.6) is 0 Å². The van der Waals surface area contributed by atoms with Crippen LogP contribution >= 0.6 is 0 Å². The number of hydrogen-bond acceptors (Lipinski definition) is 3. The molecule has 2 aromatic carbocycles. The number of hydrogen-bond donors (Lipinski definition) is 2. The predicted octanol–water partition coefficient (Wildman–Crippen LogP) is 4.53. The molecule has 0 radical (unpaired) electrons. The molecule has 0 spiro atoms. The van der Waals surface area contributed by atoms with Crippen molar-refractivity contribution in [2.75, 3.05) is 13.2 Å². The number of benzene rings is 2. The maximum atomic E-state index is 11.4. The molecule has 1 aromatic heterocycles. The van der Waals surface area contributed by atoms with E-state index in [1.807, 2.05) is 30.5 Å². The van der Waals surface area contributed by atoms with Crippen molar-refractivity contribution in [2.45, 2.75) is 32.1 Å². The number of ether oxygens (including phenoxy) is 1. The lowest BCUT2D eigenvalue weighted by molar-refractivity contribution is 0.0662. The molecule has 0 aliphatic carbocycles. The van der Waals surface area contributed by atoms with Crippen molar-refractivity contribution < 1.29 is 14.6 Å². The highest BCUT2D eigenvalue weighted by Gasteiger charge is 2.15. The molecule has 2 heterocycles. The Hall–Kier alpha value is -2.92. The summed E-state index contributed by atoms with van der Waals surface area (Å²) in [7, 11) is 0. The summed E-state index contributed by atoms with van der Waals surface area (Å²) in [6.07, 6.45) is 7.03. The van der Waals surface area contributed by atoms with Crippen LogP contribution in [0.15, 0.2) is 54.7 Å². The number of rotatable bonds is 7. The third kappa shape index (κ3) is 4.93. The minimum absolute atomic E-state index is 0.327. The lowest BCUT2D eigenvalue weighted by atomic mass is 9.95. The van der Waals surface area contributed by atoms with Crippen molar-refractivity contribution in [2.24, 2.45) is 5.92 Å².